The van der Waals surface area contributed by atoms with Gasteiger partial charge in [0.2, 0.25) is 0 Å². The summed E-state index contributed by atoms with van der Waals surface area (Å²) in [6, 6.07) is 13.1. The van der Waals surface area contributed by atoms with Gasteiger partial charge in [-0.1, -0.05) is 29.7 Å². The van der Waals surface area contributed by atoms with E-state index in [1.54, 1.807) is 53.7 Å². The molecule has 0 radical (unpaired) electrons. The van der Waals surface area contributed by atoms with E-state index in [-0.39, 0.29) is 22.8 Å². The monoisotopic (exact) mass is 475 g/mol. The summed E-state index contributed by atoms with van der Waals surface area (Å²) in [5.41, 5.74) is 1.92. The fraction of sp³-hybridized carbons (Fsp3) is 0.120. The lowest BCUT2D eigenvalue weighted by molar-refractivity contribution is 0.102. The van der Waals surface area contributed by atoms with Crippen molar-refractivity contribution < 1.29 is 14.3 Å². The Morgan fingerprint density at radius 2 is 1.85 bits per heavy atom. The number of hydrogen-bond donors (Lipinski definition) is 2. The van der Waals surface area contributed by atoms with E-state index in [2.05, 4.69) is 26.6 Å². The van der Waals surface area contributed by atoms with Crippen LogP contribution in [0, 0.1) is 12.3 Å². The lowest BCUT2D eigenvalue weighted by atomic mass is 10.1. The number of benzene rings is 2. The van der Waals surface area contributed by atoms with Crippen LogP contribution in [0.3, 0.4) is 0 Å². The summed E-state index contributed by atoms with van der Waals surface area (Å²) in [5.74, 6) is 2.05. The lowest BCUT2D eigenvalue weighted by Crippen LogP contribution is -2.19. The van der Waals surface area contributed by atoms with Crippen molar-refractivity contribution in [3.8, 4) is 18.1 Å². The topological polar surface area (TPSA) is 95.9 Å². The summed E-state index contributed by atoms with van der Waals surface area (Å²) in [6.45, 7) is 0. The van der Waals surface area contributed by atoms with Crippen LogP contribution in [0.1, 0.15) is 31.8 Å². The molecule has 0 atom stereocenters. The van der Waals surface area contributed by atoms with Crippen LogP contribution in [0.5, 0.6) is 5.75 Å². The maximum atomic E-state index is 13.1. The molecule has 3 rings (SSSR count). The number of nitrogens with one attached hydrogen (secondary N) is 2. The SMILES string of the molecule is C#Cc1cc(OC)c(NC(=O)c2ccc(C=NN(C)C)cc2)c(C(=O)Nc2ccc(Cl)cn2)c1. The van der Waals surface area contributed by atoms with Gasteiger partial charge in [0.05, 0.1) is 29.6 Å². The van der Waals surface area contributed by atoms with Crippen LogP contribution in [0.25, 0.3) is 0 Å². The summed E-state index contributed by atoms with van der Waals surface area (Å²) in [4.78, 5) is 30.1. The first-order chi connectivity index (χ1) is 16.3. The molecule has 3 aromatic rings. The van der Waals surface area contributed by atoms with Gasteiger partial charge in [0.15, 0.2) is 0 Å². The van der Waals surface area contributed by atoms with E-state index in [4.69, 9.17) is 22.8 Å². The van der Waals surface area contributed by atoms with E-state index in [0.29, 0.717) is 16.1 Å². The highest BCUT2D eigenvalue weighted by Crippen LogP contribution is 2.31. The quantitative estimate of drug-likeness (QED) is 0.304. The van der Waals surface area contributed by atoms with Crippen LogP contribution in [-0.4, -0.2) is 49.2 Å². The van der Waals surface area contributed by atoms with Gasteiger partial charge in [0, 0.05) is 31.4 Å². The third-order valence-electron chi connectivity index (χ3n) is 4.55. The Bertz CT molecular complexity index is 1260. The van der Waals surface area contributed by atoms with Crippen LogP contribution in [-0.2, 0) is 0 Å². The molecule has 9 heteroatoms. The van der Waals surface area contributed by atoms with E-state index >= 15 is 0 Å². The zero-order valence-electron chi connectivity index (χ0n) is 18.8. The number of pyridine rings is 1. The van der Waals surface area contributed by atoms with Crippen molar-refractivity contribution in [2.45, 2.75) is 0 Å². The first-order valence-corrected chi connectivity index (χ1v) is 10.4. The number of carbonyl (C=O) groups is 2. The molecule has 2 amide bonds. The van der Waals surface area contributed by atoms with Crippen molar-refractivity contribution in [2.24, 2.45) is 5.10 Å². The minimum atomic E-state index is -0.532. The van der Waals surface area contributed by atoms with Crippen LogP contribution in [0.4, 0.5) is 11.5 Å². The molecule has 0 spiro atoms. The van der Waals surface area contributed by atoms with Crippen molar-refractivity contribution in [2.75, 3.05) is 31.8 Å². The third-order valence-corrected chi connectivity index (χ3v) is 4.78. The summed E-state index contributed by atoms with van der Waals surface area (Å²) in [7, 11) is 5.05. The number of hydrogen-bond acceptors (Lipinski definition) is 6. The number of rotatable bonds is 7. The zero-order valence-corrected chi connectivity index (χ0v) is 19.6. The second-order valence-electron chi connectivity index (χ2n) is 7.23. The molecule has 0 aliphatic heterocycles. The number of hydrazone groups is 1. The summed E-state index contributed by atoms with van der Waals surface area (Å²) in [6.07, 6.45) is 8.63. The largest absolute Gasteiger partial charge is 0.495 e. The normalized spacial score (nSPS) is 10.4. The van der Waals surface area contributed by atoms with E-state index < -0.39 is 11.8 Å². The standard InChI is InChI=1S/C25H22ClN5O3/c1-5-16-12-20(25(33)29-22-11-10-19(26)15-27-22)23(21(13-16)34-4)30-24(32)18-8-6-17(7-9-18)14-28-31(2)3/h1,6-15H,2-4H3,(H,30,32)(H,27,29,33). The molecule has 8 nitrogen and oxygen atoms in total. The number of nitrogens with zero attached hydrogens (tertiary/aromatic N) is 3. The number of methoxy groups -OCH3 is 1. The first kappa shape index (κ1) is 24.3. The highest BCUT2D eigenvalue weighted by Gasteiger charge is 2.21. The Labute approximate surface area is 202 Å². The molecule has 2 aromatic carbocycles. The van der Waals surface area contributed by atoms with Crippen molar-refractivity contribution in [1.82, 2.24) is 9.99 Å². The van der Waals surface area contributed by atoms with Crippen LogP contribution in [0.15, 0.2) is 59.8 Å². The molecular formula is C25H22ClN5O3. The Balaban J connectivity index is 1.91. The molecule has 34 heavy (non-hydrogen) atoms. The van der Waals surface area contributed by atoms with Crippen LogP contribution < -0.4 is 15.4 Å². The smallest absolute Gasteiger partial charge is 0.259 e. The number of aromatic nitrogens is 1. The fourth-order valence-corrected chi connectivity index (χ4v) is 3.00. The van der Waals surface area contributed by atoms with Crippen molar-refractivity contribution >= 4 is 41.1 Å². The Hall–Kier alpha value is -4.35. The molecular weight excluding hydrogens is 454 g/mol. The van der Waals surface area contributed by atoms with Gasteiger partial charge in [-0.05, 0) is 42.0 Å². The van der Waals surface area contributed by atoms with Gasteiger partial charge < -0.3 is 20.4 Å². The van der Waals surface area contributed by atoms with E-state index in [9.17, 15) is 9.59 Å². The number of anilines is 2. The van der Waals surface area contributed by atoms with Crippen molar-refractivity contribution in [1.29, 1.82) is 0 Å². The molecule has 0 saturated heterocycles. The molecule has 0 unspecified atom stereocenters. The molecule has 0 bridgehead atoms. The van der Waals surface area contributed by atoms with Crippen molar-refractivity contribution in [3.05, 3.63) is 82.0 Å². The summed E-state index contributed by atoms with van der Waals surface area (Å²) in [5, 5.41) is 11.7. The van der Waals surface area contributed by atoms with E-state index in [1.165, 1.54) is 19.4 Å². The average molecular weight is 476 g/mol. The summed E-state index contributed by atoms with van der Waals surface area (Å²) >= 11 is 5.86. The molecule has 0 saturated carbocycles. The van der Waals surface area contributed by atoms with Crippen molar-refractivity contribution in [3.63, 3.8) is 0 Å². The molecule has 0 aliphatic rings. The minimum absolute atomic E-state index is 0.118. The zero-order chi connectivity index (χ0) is 24.7. The maximum Gasteiger partial charge on any atom is 0.259 e. The highest BCUT2D eigenvalue weighted by molar-refractivity contribution is 6.30. The van der Waals surface area contributed by atoms with E-state index in [1.807, 2.05) is 14.1 Å². The first-order valence-electron chi connectivity index (χ1n) is 10.0. The van der Waals surface area contributed by atoms with Gasteiger partial charge in [-0.15, -0.1) is 6.42 Å². The second kappa shape index (κ2) is 11.0. The Morgan fingerprint density at radius 3 is 2.44 bits per heavy atom. The molecule has 172 valence electrons. The average Bonchev–Trinajstić information content (AvgIpc) is 2.84. The van der Waals surface area contributed by atoms with Gasteiger partial charge in [0.1, 0.15) is 11.6 Å². The van der Waals surface area contributed by atoms with Gasteiger partial charge in [-0.3, -0.25) is 9.59 Å². The molecule has 0 aliphatic carbocycles. The Kier molecular flexibility index (Phi) is 7.85. The van der Waals surface area contributed by atoms with Crippen LogP contribution >= 0.6 is 11.6 Å². The maximum absolute atomic E-state index is 13.1. The summed E-state index contributed by atoms with van der Waals surface area (Å²) < 4.78 is 5.41. The molecule has 2 N–H and O–H groups in total. The van der Waals surface area contributed by atoms with Gasteiger partial charge in [0.25, 0.3) is 11.8 Å². The lowest BCUT2D eigenvalue weighted by Gasteiger charge is -2.16. The predicted molar refractivity (Wildman–Crippen MR) is 134 cm³/mol. The molecule has 0 fully saturated rings. The van der Waals surface area contributed by atoms with Gasteiger partial charge >= 0.3 is 0 Å². The minimum Gasteiger partial charge on any atom is -0.495 e. The number of ether oxygens (including phenoxy) is 1. The predicted octanol–water partition coefficient (Wildman–Crippen LogP) is 4.13. The highest BCUT2D eigenvalue weighted by atomic mass is 35.5. The fourth-order valence-electron chi connectivity index (χ4n) is 2.89. The third kappa shape index (κ3) is 6.12. The van der Waals surface area contributed by atoms with Crippen LogP contribution in [0.2, 0.25) is 5.02 Å². The number of amides is 2. The van der Waals surface area contributed by atoms with E-state index in [0.717, 1.165) is 5.56 Å². The number of halogens is 1. The molecule has 1 aromatic heterocycles. The molecule has 1 heterocycles. The second-order valence-corrected chi connectivity index (χ2v) is 7.67. The van der Waals surface area contributed by atoms with Gasteiger partial charge in [-0.2, -0.15) is 5.10 Å². The number of carbonyl (C=O) groups excluding carboxylic acids is 2. The van der Waals surface area contributed by atoms with Gasteiger partial charge in [-0.25, -0.2) is 4.98 Å². The Morgan fingerprint density at radius 1 is 1.12 bits per heavy atom. The number of terminal acetylenes is 1.